The van der Waals surface area contributed by atoms with Crippen LogP contribution in [0.25, 0.3) is 0 Å². The van der Waals surface area contributed by atoms with Crippen molar-refractivity contribution in [2.75, 3.05) is 11.9 Å². The van der Waals surface area contributed by atoms with Gasteiger partial charge in [-0.3, -0.25) is 0 Å². The first-order chi connectivity index (χ1) is 13.6. The van der Waals surface area contributed by atoms with Gasteiger partial charge in [-0.15, -0.1) is 0 Å². The van der Waals surface area contributed by atoms with Gasteiger partial charge < -0.3 is 14.8 Å². The predicted molar refractivity (Wildman–Crippen MR) is 120 cm³/mol. The lowest BCUT2D eigenvalue weighted by atomic mass is 10.2. The van der Waals surface area contributed by atoms with Gasteiger partial charge in [0.2, 0.25) is 0 Å². The van der Waals surface area contributed by atoms with E-state index in [2.05, 4.69) is 21.2 Å². The molecule has 0 saturated heterocycles. The summed E-state index contributed by atoms with van der Waals surface area (Å²) in [5.41, 5.74) is 3.08. The Hall–Kier alpha value is -1.88. The topological polar surface area (TPSA) is 30.5 Å². The molecular weight excluding hydrogens is 461 g/mol. The Morgan fingerprint density at radius 2 is 1.68 bits per heavy atom. The zero-order chi connectivity index (χ0) is 19.9. The third kappa shape index (κ3) is 5.57. The highest BCUT2D eigenvalue weighted by Gasteiger charge is 2.13. The zero-order valence-electron chi connectivity index (χ0n) is 15.3. The molecule has 3 nitrogen and oxygen atoms in total. The molecule has 0 unspecified atom stereocenters. The lowest BCUT2D eigenvalue weighted by molar-refractivity contribution is 0.267. The minimum atomic E-state index is 0.358. The molecule has 3 aromatic carbocycles. The molecule has 0 saturated carbocycles. The Kier molecular flexibility index (Phi) is 7.49. The minimum absolute atomic E-state index is 0.358. The molecule has 0 atom stereocenters. The number of rotatable bonds is 8. The van der Waals surface area contributed by atoms with Crippen LogP contribution in [0.3, 0.4) is 0 Å². The molecule has 0 aliphatic rings. The summed E-state index contributed by atoms with van der Waals surface area (Å²) in [6, 6.07) is 19.6. The Balaban J connectivity index is 1.75. The van der Waals surface area contributed by atoms with Gasteiger partial charge in [-0.1, -0.05) is 47.5 Å². The minimum Gasteiger partial charge on any atom is -0.490 e. The maximum Gasteiger partial charge on any atom is 0.175 e. The molecule has 0 spiro atoms. The van der Waals surface area contributed by atoms with Crippen molar-refractivity contribution in [2.24, 2.45) is 0 Å². The van der Waals surface area contributed by atoms with Crippen LogP contribution < -0.4 is 14.8 Å². The molecule has 0 heterocycles. The summed E-state index contributed by atoms with van der Waals surface area (Å²) in [7, 11) is 0. The summed E-state index contributed by atoms with van der Waals surface area (Å²) >= 11 is 15.7. The van der Waals surface area contributed by atoms with Crippen LogP contribution in [-0.4, -0.2) is 6.61 Å². The summed E-state index contributed by atoms with van der Waals surface area (Å²) in [4.78, 5) is 0. The average molecular weight is 481 g/mol. The van der Waals surface area contributed by atoms with E-state index in [0.717, 1.165) is 21.3 Å². The van der Waals surface area contributed by atoms with E-state index >= 15 is 0 Å². The quantitative estimate of drug-likeness (QED) is 0.365. The molecule has 0 aromatic heterocycles. The van der Waals surface area contributed by atoms with Gasteiger partial charge in [-0.25, -0.2) is 0 Å². The van der Waals surface area contributed by atoms with Gasteiger partial charge in [0.15, 0.2) is 11.5 Å². The first-order valence-corrected chi connectivity index (χ1v) is 10.4. The summed E-state index contributed by atoms with van der Waals surface area (Å²) < 4.78 is 12.7. The number of hydrogen-bond acceptors (Lipinski definition) is 3. The molecule has 0 bridgehead atoms. The van der Waals surface area contributed by atoms with E-state index in [-0.39, 0.29) is 0 Å². The Morgan fingerprint density at radius 1 is 0.893 bits per heavy atom. The third-order valence-electron chi connectivity index (χ3n) is 4.01. The van der Waals surface area contributed by atoms with Crippen LogP contribution in [0, 0.1) is 0 Å². The number of ether oxygens (including phenoxy) is 2. The molecule has 28 heavy (non-hydrogen) atoms. The van der Waals surface area contributed by atoms with Crippen LogP contribution in [0.5, 0.6) is 11.5 Å². The summed E-state index contributed by atoms with van der Waals surface area (Å²) in [5.74, 6) is 1.36. The van der Waals surface area contributed by atoms with E-state index in [1.165, 1.54) is 0 Å². The molecule has 1 N–H and O–H groups in total. The van der Waals surface area contributed by atoms with E-state index in [1.807, 2.05) is 55.5 Å². The van der Waals surface area contributed by atoms with Gasteiger partial charge in [0.1, 0.15) is 6.61 Å². The van der Waals surface area contributed by atoms with E-state index in [9.17, 15) is 0 Å². The molecule has 146 valence electrons. The third-order valence-corrected chi connectivity index (χ3v) is 5.33. The zero-order valence-corrected chi connectivity index (χ0v) is 18.4. The van der Waals surface area contributed by atoms with Gasteiger partial charge in [0, 0.05) is 12.2 Å². The average Bonchev–Trinajstić information content (AvgIpc) is 2.69. The number of anilines is 1. The molecule has 0 radical (unpaired) electrons. The highest BCUT2D eigenvalue weighted by molar-refractivity contribution is 9.10. The van der Waals surface area contributed by atoms with Crippen LogP contribution in [0.2, 0.25) is 10.0 Å². The van der Waals surface area contributed by atoms with Crippen LogP contribution >= 0.6 is 39.1 Å². The van der Waals surface area contributed by atoms with Crippen molar-refractivity contribution in [3.63, 3.8) is 0 Å². The Labute approximate surface area is 183 Å². The molecule has 0 fully saturated rings. The van der Waals surface area contributed by atoms with Crippen molar-refractivity contribution < 1.29 is 9.47 Å². The maximum absolute atomic E-state index is 6.09. The second-order valence-electron chi connectivity index (χ2n) is 6.09. The van der Waals surface area contributed by atoms with Gasteiger partial charge in [-0.05, 0) is 70.4 Å². The van der Waals surface area contributed by atoms with E-state index in [0.29, 0.717) is 41.3 Å². The van der Waals surface area contributed by atoms with Crippen LogP contribution in [0.4, 0.5) is 5.69 Å². The second-order valence-corrected chi connectivity index (χ2v) is 7.76. The molecule has 6 heteroatoms. The monoisotopic (exact) mass is 479 g/mol. The number of benzene rings is 3. The normalized spacial score (nSPS) is 10.6. The summed E-state index contributed by atoms with van der Waals surface area (Å²) in [6.45, 7) is 3.53. The Bertz CT molecular complexity index is 935. The first-order valence-electron chi connectivity index (χ1n) is 8.87. The van der Waals surface area contributed by atoms with Crippen LogP contribution in [0.1, 0.15) is 18.1 Å². The van der Waals surface area contributed by atoms with Crippen molar-refractivity contribution in [3.8, 4) is 11.5 Å². The molecule has 0 aliphatic heterocycles. The van der Waals surface area contributed by atoms with E-state index < -0.39 is 0 Å². The fraction of sp³-hybridized carbons (Fsp3) is 0.182. The van der Waals surface area contributed by atoms with E-state index in [1.54, 1.807) is 12.1 Å². The summed E-state index contributed by atoms with van der Waals surface area (Å²) in [6.07, 6.45) is 0. The maximum atomic E-state index is 6.09. The standard InChI is InChI=1S/C22H20BrCl2NO2/c1-2-27-21-12-16(13-26-17-6-4-3-5-7-17)10-18(23)22(21)28-14-15-8-9-19(24)20(25)11-15/h3-12,26H,2,13-14H2,1H3. The molecule has 0 amide bonds. The van der Waals surface area contributed by atoms with Crippen LogP contribution in [-0.2, 0) is 13.2 Å². The fourth-order valence-corrected chi connectivity index (χ4v) is 3.60. The van der Waals surface area contributed by atoms with Crippen molar-refractivity contribution in [2.45, 2.75) is 20.1 Å². The number of halogens is 3. The van der Waals surface area contributed by atoms with Gasteiger partial charge in [0.25, 0.3) is 0 Å². The number of nitrogens with one attached hydrogen (secondary N) is 1. The second kappa shape index (κ2) is 10.1. The van der Waals surface area contributed by atoms with Gasteiger partial charge in [0.05, 0.1) is 21.1 Å². The molecule has 0 aliphatic carbocycles. The molecule has 3 aromatic rings. The van der Waals surface area contributed by atoms with E-state index in [4.69, 9.17) is 32.7 Å². The lowest BCUT2D eigenvalue weighted by Gasteiger charge is -2.16. The summed E-state index contributed by atoms with van der Waals surface area (Å²) in [5, 5.41) is 4.44. The first kappa shape index (κ1) is 20.8. The van der Waals surface area contributed by atoms with Crippen molar-refractivity contribution >= 4 is 44.8 Å². The fourth-order valence-electron chi connectivity index (χ4n) is 2.67. The number of hydrogen-bond donors (Lipinski definition) is 1. The lowest BCUT2D eigenvalue weighted by Crippen LogP contribution is -2.04. The van der Waals surface area contributed by atoms with Crippen molar-refractivity contribution in [3.05, 3.63) is 86.3 Å². The number of para-hydroxylation sites is 1. The highest BCUT2D eigenvalue weighted by atomic mass is 79.9. The highest BCUT2D eigenvalue weighted by Crippen LogP contribution is 2.38. The van der Waals surface area contributed by atoms with Crippen molar-refractivity contribution in [1.29, 1.82) is 0 Å². The van der Waals surface area contributed by atoms with Crippen LogP contribution in [0.15, 0.2) is 65.1 Å². The van der Waals surface area contributed by atoms with Gasteiger partial charge >= 0.3 is 0 Å². The SMILES string of the molecule is CCOc1cc(CNc2ccccc2)cc(Br)c1OCc1ccc(Cl)c(Cl)c1. The largest absolute Gasteiger partial charge is 0.490 e. The molecule has 3 rings (SSSR count). The smallest absolute Gasteiger partial charge is 0.175 e. The van der Waals surface area contributed by atoms with Crippen molar-refractivity contribution in [1.82, 2.24) is 0 Å². The Morgan fingerprint density at radius 3 is 2.39 bits per heavy atom. The van der Waals surface area contributed by atoms with Gasteiger partial charge in [-0.2, -0.15) is 0 Å². The predicted octanol–water partition coefficient (Wildman–Crippen LogP) is 7.35. The molecular formula is C22H20BrCl2NO2.